The van der Waals surface area contributed by atoms with E-state index in [4.69, 9.17) is 0 Å². The number of benzene rings is 2. The van der Waals surface area contributed by atoms with Crippen LogP contribution in [0.3, 0.4) is 0 Å². The van der Waals surface area contributed by atoms with Crippen molar-refractivity contribution in [2.24, 2.45) is 0 Å². The third-order valence-electron chi connectivity index (χ3n) is 4.58. The largest absolute Gasteiger partial charge is 0.508 e. The summed E-state index contributed by atoms with van der Waals surface area (Å²) >= 11 is 6.81. The van der Waals surface area contributed by atoms with E-state index in [-0.39, 0.29) is 0 Å². The molecule has 0 spiro atoms. The Morgan fingerprint density at radius 2 is 1.44 bits per heavy atom. The van der Waals surface area contributed by atoms with Gasteiger partial charge in [0.25, 0.3) is 0 Å². The fraction of sp³-hybridized carbons (Fsp3) is 0.478. The normalized spacial score (nSPS) is 11.6. The molecule has 0 aromatic heterocycles. The number of phenols is 2. The number of aromatic hydroxyl groups is 2. The highest BCUT2D eigenvalue weighted by Crippen LogP contribution is 2.31. The second-order valence-electron chi connectivity index (χ2n) is 6.98. The highest BCUT2D eigenvalue weighted by Gasteiger charge is 2.09. The SMILES string of the molecule is CCCC(C)c1cc(Br)ccc1O.CCCCCCc1cc(Br)ccc1O. The van der Waals surface area contributed by atoms with Gasteiger partial charge in [-0.05, 0) is 72.7 Å². The van der Waals surface area contributed by atoms with Gasteiger partial charge in [-0.2, -0.15) is 0 Å². The molecule has 0 aliphatic heterocycles. The molecule has 0 heterocycles. The summed E-state index contributed by atoms with van der Waals surface area (Å²) in [6.45, 7) is 6.51. The molecule has 2 aromatic rings. The predicted molar refractivity (Wildman–Crippen MR) is 123 cm³/mol. The van der Waals surface area contributed by atoms with Crippen LogP contribution in [-0.4, -0.2) is 10.2 Å². The van der Waals surface area contributed by atoms with E-state index in [1.165, 1.54) is 19.3 Å². The summed E-state index contributed by atoms with van der Waals surface area (Å²) in [6.07, 6.45) is 8.20. The molecule has 1 atom stereocenters. The van der Waals surface area contributed by atoms with Gasteiger partial charge in [0.1, 0.15) is 11.5 Å². The highest BCUT2D eigenvalue weighted by molar-refractivity contribution is 9.10. The van der Waals surface area contributed by atoms with Crippen molar-refractivity contribution < 1.29 is 10.2 Å². The van der Waals surface area contributed by atoms with E-state index in [9.17, 15) is 10.2 Å². The molecular weight excluding hydrogens is 468 g/mol. The maximum atomic E-state index is 9.61. The van der Waals surface area contributed by atoms with Gasteiger partial charge < -0.3 is 10.2 Å². The summed E-state index contributed by atoms with van der Waals surface area (Å²) in [5.74, 6) is 1.26. The van der Waals surface area contributed by atoms with E-state index in [1.807, 2.05) is 24.3 Å². The van der Waals surface area contributed by atoms with Gasteiger partial charge in [-0.15, -0.1) is 0 Å². The van der Waals surface area contributed by atoms with Crippen molar-refractivity contribution in [2.45, 2.75) is 71.6 Å². The number of hydrogen-bond acceptors (Lipinski definition) is 2. The standard InChI is InChI=1S/C12H17BrO.C11H15BrO/c1-2-3-4-5-6-10-9-11(13)7-8-12(10)14;1-3-4-8(2)10-7-9(12)5-6-11(10)13/h7-9,14H,2-6H2,1H3;5-8,13H,3-4H2,1-2H3. The minimum Gasteiger partial charge on any atom is -0.508 e. The zero-order valence-electron chi connectivity index (χ0n) is 16.6. The molecule has 2 N–H and O–H groups in total. The van der Waals surface area contributed by atoms with Gasteiger partial charge in [0.15, 0.2) is 0 Å². The third kappa shape index (κ3) is 9.16. The Morgan fingerprint density at radius 1 is 0.815 bits per heavy atom. The van der Waals surface area contributed by atoms with Crippen LogP contribution in [0.15, 0.2) is 45.3 Å². The summed E-state index contributed by atoms with van der Waals surface area (Å²) in [5, 5.41) is 19.2. The Hall–Kier alpha value is -1.00. The average Bonchev–Trinajstić information content (AvgIpc) is 2.64. The molecule has 4 heteroatoms. The fourth-order valence-corrected chi connectivity index (χ4v) is 3.79. The summed E-state index contributed by atoms with van der Waals surface area (Å²) in [6, 6.07) is 11.2. The van der Waals surface area contributed by atoms with E-state index in [1.54, 1.807) is 12.1 Å². The molecule has 0 aliphatic carbocycles. The molecular formula is C23H32Br2O2. The van der Waals surface area contributed by atoms with E-state index in [2.05, 4.69) is 52.6 Å². The van der Waals surface area contributed by atoms with Crippen molar-refractivity contribution in [3.05, 3.63) is 56.5 Å². The van der Waals surface area contributed by atoms with Gasteiger partial charge in [0.2, 0.25) is 0 Å². The minimum atomic E-state index is 0.407. The van der Waals surface area contributed by atoms with Crippen LogP contribution in [0.4, 0.5) is 0 Å². The Bertz CT molecular complexity index is 686. The van der Waals surface area contributed by atoms with Crippen molar-refractivity contribution in [3.63, 3.8) is 0 Å². The zero-order valence-corrected chi connectivity index (χ0v) is 19.8. The van der Waals surface area contributed by atoms with Gasteiger partial charge in [-0.25, -0.2) is 0 Å². The summed E-state index contributed by atoms with van der Waals surface area (Å²) in [4.78, 5) is 0. The first-order valence-electron chi connectivity index (χ1n) is 9.84. The van der Waals surface area contributed by atoms with Crippen LogP contribution in [0.5, 0.6) is 11.5 Å². The lowest BCUT2D eigenvalue weighted by Crippen LogP contribution is -1.93. The number of halogens is 2. The van der Waals surface area contributed by atoms with Gasteiger partial charge >= 0.3 is 0 Å². The van der Waals surface area contributed by atoms with E-state index < -0.39 is 0 Å². The van der Waals surface area contributed by atoms with Crippen LogP contribution in [0.25, 0.3) is 0 Å². The Kier molecular flexibility index (Phi) is 11.8. The van der Waals surface area contributed by atoms with Crippen molar-refractivity contribution in [3.8, 4) is 11.5 Å². The topological polar surface area (TPSA) is 40.5 Å². The van der Waals surface area contributed by atoms with Crippen molar-refractivity contribution in [1.82, 2.24) is 0 Å². The molecule has 1 unspecified atom stereocenters. The molecule has 0 bridgehead atoms. The molecule has 0 amide bonds. The summed E-state index contributed by atoms with van der Waals surface area (Å²) in [5.41, 5.74) is 2.09. The van der Waals surface area contributed by atoms with E-state index in [0.29, 0.717) is 17.4 Å². The first kappa shape index (κ1) is 24.0. The maximum Gasteiger partial charge on any atom is 0.119 e. The van der Waals surface area contributed by atoms with Crippen molar-refractivity contribution >= 4 is 31.9 Å². The first-order chi connectivity index (χ1) is 12.9. The smallest absolute Gasteiger partial charge is 0.119 e. The number of rotatable bonds is 8. The average molecular weight is 500 g/mol. The quantitative estimate of drug-likeness (QED) is 0.358. The van der Waals surface area contributed by atoms with Gasteiger partial charge in [-0.1, -0.05) is 78.3 Å². The molecule has 0 saturated heterocycles. The van der Waals surface area contributed by atoms with Crippen LogP contribution < -0.4 is 0 Å². The predicted octanol–water partition coefficient (Wildman–Crippen LogP) is 8.34. The fourth-order valence-electron chi connectivity index (χ4n) is 3.01. The summed E-state index contributed by atoms with van der Waals surface area (Å²) in [7, 11) is 0. The van der Waals surface area contributed by atoms with Crippen molar-refractivity contribution in [1.29, 1.82) is 0 Å². The number of aryl methyl sites for hydroxylation is 1. The number of unbranched alkanes of at least 4 members (excludes halogenated alkanes) is 3. The molecule has 0 saturated carbocycles. The number of hydrogen-bond donors (Lipinski definition) is 2. The minimum absolute atomic E-state index is 0.407. The lowest BCUT2D eigenvalue weighted by atomic mass is 9.96. The zero-order chi connectivity index (χ0) is 20.2. The summed E-state index contributed by atoms with van der Waals surface area (Å²) < 4.78 is 2.07. The molecule has 0 radical (unpaired) electrons. The highest BCUT2D eigenvalue weighted by atomic mass is 79.9. The second kappa shape index (κ2) is 13.2. The van der Waals surface area contributed by atoms with Crippen LogP contribution >= 0.6 is 31.9 Å². The van der Waals surface area contributed by atoms with Gasteiger partial charge in [-0.3, -0.25) is 0 Å². The van der Waals surface area contributed by atoms with E-state index in [0.717, 1.165) is 45.8 Å². The van der Waals surface area contributed by atoms with E-state index >= 15 is 0 Å². The molecule has 27 heavy (non-hydrogen) atoms. The molecule has 0 fully saturated rings. The molecule has 2 rings (SSSR count). The Labute approximate surface area is 181 Å². The lowest BCUT2D eigenvalue weighted by Gasteiger charge is -2.12. The van der Waals surface area contributed by atoms with Gasteiger partial charge in [0.05, 0.1) is 0 Å². The molecule has 2 aromatic carbocycles. The van der Waals surface area contributed by atoms with Crippen LogP contribution in [0, 0.1) is 0 Å². The lowest BCUT2D eigenvalue weighted by molar-refractivity contribution is 0.460. The second-order valence-corrected chi connectivity index (χ2v) is 8.81. The number of phenolic OH excluding ortho intramolecular Hbond substituents is 2. The molecule has 150 valence electrons. The Morgan fingerprint density at radius 3 is 2.07 bits per heavy atom. The Balaban J connectivity index is 0.000000271. The monoisotopic (exact) mass is 498 g/mol. The van der Waals surface area contributed by atoms with Crippen LogP contribution in [-0.2, 0) is 6.42 Å². The maximum absolute atomic E-state index is 9.61. The van der Waals surface area contributed by atoms with Crippen LogP contribution in [0.1, 0.15) is 76.3 Å². The molecule has 2 nitrogen and oxygen atoms in total. The van der Waals surface area contributed by atoms with Gasteiger partial charge in [0, 0.05) is 8.95 Å². The first-order valence-corrected chi connectivity index (χ1v) is 11.4. The van der Waals surface area contributed by atoms with Crippen molar-refractivity contribution in [2.75, 3.05) is 0 Å². The molecule has 0 aliphatic rings. The third-order valence-corrected chi connectivity index (χ3v) is 5.57. The van der Waals surface area contributed by atoms with Crippen LogP contribution in [0.2, 0.25) is 0 Å².